The van der Waals surface area contributed by atoms with Gasteiger partial charge >= 0.3 is 6.03 Å². The second-order valence-corrected chi connectivity index (χ2v) is 6.11. The summed E-state index contributed by atoms with van der Waals surface area (Å²) >= 11 is 1.28. The van der Waals surface area contributed by atoms with E-state index < -0.39 is 0 Å². The topological polar surface area (TPSA) is 76.1 Å². The Morgan fingerprint density at radius 3 is 2.71 bits per heavy atom. The van der Waals surface area contributed by atoms with E-state index in [0.717, 1.165) is 11.3 Å². The summed E-state index contributed by atoms with van der Waals surface area (Å²) in [6.45, 7) is 2.31. The molecule has 0 aliphatic heterocycles. The van der Waals surface area contributed by atoms with Crippen LogP contribution in [0.4, 0.5) is 15.6 Å². The molecule has 122 valence electrons. The highest BCUT2D eigenvalue weighted by Gasteiger charge is 2.09. The molecule has 0 radical (unpaired) electrons. The third kappa shape index (κ3) is 4.53. The number of aromatic nitrogens is 2. The molecule has 0 fully saturated rings. The third-order valence-corrected chi connectivity index (χ3v) is 3.88. The van der Waals surface area contributed by atoms with E-state index in [1.54, 1.807) is 12.1 Å². The highest BCUT2D eigenvalue weighted by molar-refractivity contribution is 7.15. The normalized spacial score (nSPS) is 10.2. The molecule has 24 heavy (non-hydrogen) atoms. The van der Waals surface area contributed by atoms with Gasteiger partial charge in [-0.15, -0.1) is 10.2 Å². The number of carbonyl (C=O) groups excluding carboxylic acids is 1. The second kappa shape index (κ2) is 7.56. The summed E-state index contributed by atoms with van der Waals surface area (Å²) < 4.78 is 5.67. The van der Waals surface area contributed by atoms with E-state index in [1.807, 2.05) is 49.4 Å². The van der Waals surface area contributed by atoms with E-state index in [0.29, 0.717) is 22.4 Å². The predicted molar refractivity (Wildman–Crippen MR) is 94.5 cm³/mol. The Balaban J connectivity index is 1.52. The van der Waals surface area contributed by atoms with Gasteiger partial charge in [0.2, 0.25) is 5.13 Å². The highest BCUT2D eigenvalue weighted by Crippen LogP contribution is 2.19. The molecule has 7 heteroatoms. The molecule has 3 rings (SSSR count). The molecule has 0 unspecified atom stereocenters. The van der Waals surface area contributed by atoms with Gasteiger partial charge < -0.3 is 10.1 Å². The molecule has 3 aromatic rings. The first-order valence-corrected chi connectivity index (χ1v) is 8.15. The van der Waals surface area contributed by atoms with E-state index in [9.17, 15) is 4.79 Å². The van der Waals surface area contributed by atoms with Crippen LogP contribution in [0.25, 0.3) is 0 Å². The summed E-state index contributed by atoms with van der Waals surface area (Å²) in [4.78, 5) is 11.9. The highest BCUT2D eigenvalue weighted by atomic mass is 32.1. The maximum absolute atomic E-state index is 11.9. The minimum atomic E-state index is -0.358. The Morgan fingerprint density at radius 2 is 1.92 bits per heavy atom. The van der Waals surface area contributed by atoms with Gasteiger partial charge in [0, 0.05) is 5.69 Å². The Hall–Kier alpha value is -2.93. The first-order chi connectivity index (χ1) is 11.7. The zero-order chi connectivity index (χ0) is 16.8. The maximum atomic E-state index is 11.9. The summed E-state index contributed by atoms with van der Waals surface area (Å²) in [7, 11) is 0. The fourth-order valence-corrected chi connectivity index (χ4v) is 2.64. The lowest BCUT2D eigenvalue weighted by atomic mass is 10.2. The summed E-state index contributed by atoms with van der Waals surface area (Å²) in [6, 6.07) is 16.6. The van der Waals surface area contributed by atoms with Crippen LogP contribution in [0.2, 0.25) is 0 Å². The van der Waals surface area contributed by atoms with Crippen molar-refractivity contribution in [3.63, 3.8) is 0 Å². The molecule has 2 amide bonds. The van der Waals surface area contributed by atoms with Crippen LogP contribution in [0, 0.1) is 6.92 Å². The number of hydrogen-bond donors (Lipinski definition) is 2. The lowest BCUT2D eigenvalue weighted by molar-refractivity contribution is 0.262. The number of para-hydroxylation sites is 1. The molecule has 0 saturated heterocycles. The van der Waals surface area contributed by atoms with E-state index >= 15 is 0 Å². The van der Waals surface area contributed by atoms with Crippen molar-refractivity contribution >= 4 is 28.2 Å². The fraction of sp³-hybridized carbons (Fsp3) is 0.118. The van der Waals surface area contributed by atoms with Gasteiger partial charge in [-0.1, -0.05) is 41.7 Å². The van der Waals surface area contributed by atoms with Crippen molar-refractivity contribution in [2.24, 2.45) is 0 Å². The molecular formula is C17H16N4O2S. The van der Waals surface area contributed by atoms with Gasteiger partial charge in [-0.2, -0.15) is 0 Å². The summed E-state index contributed by atoms with van der Waals surface area (Å²) in [5.41, 5.74) is 1.84. The summed E-state index contributed by atoms with van der Waals surface area (Å²) in [5.74, 6) is 0.779. The molecule has 0 aliphatic carbocycles. The van der Waals surface area contributed by atoms with Crippen molar-refractivity contribution < 1.29 is 9.53 Å². The molecule has 0 aliphatic rings. The van der Waals surface area contributed by atoms with Crippen molar-refractivity contribution in [1.29, 1.82) is 0 Å². The second-order valence-electron chi connectivity index (χ2n) is 5.05. The van der Waals surface area contributed by atoms with Gasteiger partial charge in [-0.05, 0) is 36.8 Å². The van der Waals surface area contributed by atoms with Crippen LogP contribution in [0.5, 0.6) is 5.75 Å². The Bertz CT molecular complexity index is 820. The van der Waals surface area contributed by atoms with E-state index in [2.05, 4.69) is 20.8 Å². The van der Waals surface area contributed by atoms with Crippen LogP contribution in [0.3, 0.4) is 0 Å². The third-order valence-electron chi connectivity index (χ3n) is 3.07. The number of nitrogens with one attached hydrogen (secondary N) is 2. The fourth-order valence-electron chi connectivity index (χ4n) is 1.99. The molecule has 2 N–H and O–H groups in total. The average molecular weight is 340 g/mol. The van der Waals surface area contributed by atoms with Crippen LogP contribution in [0.15, 0.2) is 54.6 Å². The monoisotopic (exact) mass is 340 g/mol. The zero-order valence-electron chi connectivity index (χ0n) is 13.0. The molecule has 0 atom stereocenters. The average Bonchev–Trinajstić information content (AvgIpc) is 3.01. The first kappa shape index (κ1) is 15.9. The number of nitrogens with zero attached hydrogens (tertiary/aromatic N) is 2. The van der Waals surface area contributed by atoms with Crippen LogP contribution in [0.1, 0.15) is 10.6 Å². The molecule has 0 saturated carbocycles. The van der Waals surface area contributed by atoms with Crippen LogP contribution < -0.4 is 15.4 Å². The standard InChI is InChI=1S/C17H16N4O2S/c1-12-6-5-9-14(10-12)23-11-15-20-21-17(24-15)19-16(22)18-13-7-3-2-4-8-13/h2-10H,11H2,1H3,(H2,18,19,21,22). The van der Waals surface area contributed by atoms with Gasteiger partial charge in [0.15, 0.2) is 5.01 Å². The minimum Gasteiger partial charge on any atom is -0.486 e. The number of benzene rings is 2. The zero-order valence-corrected chi connectivity index (χ0v) is 13.8. The number of urea groups is 1. The molecule has 1 aromatic heterocycles. The van der Waals surface area contributed by atoms with Crippen molar-refractivity contribution in [3.8, 4) is 5.75 Å². The maximum Gasteiger partial charge on any atom is 0.325 e. The van der Waals surface area contributed by atoms with Crippen molar-refractivity contribution in [2.75, 3.05) is 10.6 Å². The van der Waals surface area contributed by atoms with Gasteiger partial charge in [-0.3, -0.25) is 5.32 Å². The van der Waals surface area contributed by atoms with Gasteiger partial charge in [0.1, 0.15) is 12.4 Å². The number of hydrogen-bond acceptors (Lipinski definition) is 5. The minimum absolute atomic E-state index is 0.309. The van der Waals surface area contributed by atoms with Crippen LogP contribution >= 0.6 is 11.3 Å². The van der Waals surface area contributed by atoms with Crippen LogP contribution in [-0.4, -0.2) is 16.2 Å². The van der Waals surface area contributed by atoms with Crippen LogP contribution in [-0.2, 0) is 6.61 Å². The lowest BCUT2D eigenvalue weighted by Gasteiger charge is -2.04. The predicted octanol–water partition coefficient (Wildman–Crippen LogP) is 4.07. The van der Waals surface area contributed by atoms with E-state index in [-0.39, 0.29) is 6.03 Å². The number of ether oxygens (including phenoxy) is 1. The molecule has 0 spiro atoms. The van der Waals surface area contributed by atoms with E-state index in [1.165, 1.54) is 11.3 Å². The molecule has 0 bridgehead atoms. The van der Waals surface area contributed by atoms with Gasteiger partial charge in [0.05, 0.1) is 0 Å². The number of aryl methyl sites for hydroxylation is 1. The van der Waals surface area contributed by atoms with Crippen molar-refractivity contribution in [1.82, 2.24) is 10.2 Å². The van der Waals surface area contributed by atoms with Gasteiger partial charge in [-0.25, -0.2) is 4.79 Å². The van der Waals surface area contributed by atoms with Crippen molar-refractivity contribution in [3.05, 3.63) is 65.2 Å². The lowest BCUT2D eigenvalue weighted by Crippen LogP contribution is -2.19. The molecule has 1 heterocycles. The number of amides is 2. The van der Waals surface area contributed by atoms with E-state index in [4.69, 9.17) is 4.74 Å². The first-order valence-electron chi connectivity index (χ1n) is 7.34. The Labute approximate surface area is 143 Å². The number of rotatable bonds is 5. The molecular weight excluding hydrogens is 324 g/mol. The van der Waals surface area contributed by atoms with Crippen molar-refractivity contribution in [2.45, 2.75) is 13.5 Å². The quantitative estimate of drug-likeness (QED) is 0.734. The molecule has 6 nitrogen and oxygen atoms in total. The summed E-state index contributed by atoms with van der Waals surface area (Å²) in [6.07, 6.45) is 0. The number of carbonyl (C=O) groups is 1. The summed E-state index contributed by atoms with van der Waals surface area (Å²) in [5, 5.41) is 14.4. The Morgan fingerprint density at radius 1 is 1.08 bits per heavy atom. The smallest absolute Gasteiger partial charge is 0.325 e. The van der Waals surface area contributed by atoms with Gasteiger partial charge in [0.25, 0.3) is 0 Å². The Kier molecular flexibility index (Phi) is 5.02. The SMILES string of the molecule is Cc1cccc(OCc2nnc(NC(=O)Nc3ccccc3)s2)c1. The largest absolute Gasteiger partial charge is 0.486 e. The molecule has 2 aromatic carbocycles. The number of anilines is 2.